The van der Waals surface area contributed by atoms with Gasteiger partial charge in [0.1, 0.15) is 4.21 Å². The molecule has 1 aromatic heterocycles. The molecule has 1 saturated carbocycles. The summed E-state index contributed by atoms with van der Waals surface area (Å²) in [7, 11) is -2.30. The van der Waals surface area contributed by atoms with E-state index in [9.17, 15) is 13.2 Å². The number of halogens is 2. The molecule has 0 radical (unpaired) electrons. The van der Waals surface area contributed by atoms with Gasteiger partial charge >= 0.3 is 0 Å². The smallest absolute Gasteiger partial charge is 0.252 e. The van der Waals surface area contributed by atoms with E-state index in [-0.39, 0.29) is 22.7 Å². The molecule has 0 unspecified atom stereocenters. The molecule has 1 fully saturated rings. The van der Waals surface area contributed by atoms with Crippen molar-refractivity contribution in [3.8, 4) is 0 Å². The van der Waals surface area contributed by atoms with E-state index in [4.69, 9.17) is 11.6 Å². The molecule has 0 spiro atoms. The Hall–Kier alpha value is -0.150. The standard InChI is InChI=1S/C10H12BrClN2O3S2/c1-14(5-8(15)13-6-2-3-6)19(16,17)9-4-7(12)10(11)18-9/h4,6H,2-3,5H2,1H3,(H,13,15). The van der Waals surface area contributed by atoms with E-state index in [1.165, 1.54) is 13.1 Å². The van der Waals surface area contributed by atoms with Gasteiger partial charge in [-0.15, -0.1) is 11.3 Å². The van der Waals surface area contributed by atoms with E-state index in [2.05, 4.69) is 21.2 Å². The Morgan fingerprint density at radius 1 is 1.63 bits per heavy atom. The van der Waals surface area contributed by atoms with Crippen LogP contribution in [0, 0.1) is 0 Å². The van der Waals surface area contributed by atoms with Crippen LogP contribution in [-0.2, 0) is 14.8 Å². The summed E-state index contributed by atoms with van der Waals surface area (Å²) in [6.07, 6.45) is 1.94. The summed E-state index contributed by atoms with van der Waals surface area (Å²) in [5.74, 6) is -0.282. The maximum Gasteiger partial charge on any atom is 0.252 e. The summed E-state index contributed by atoms with van der Waals surface area (Å²) < 4.78 is 26.1. The fraction of sp³-hybridized carbons (Fsp3) is 0.500. The molecular weight excluding hydrogens is 376 g/mol. The van der Waals surface area contributed by atoms with E-state index in [0.29, 0.717) is 8.81 Å². The van der Waals surface area contributed by atoms with Gasteiger partial charge in [0.25, 0.3) is 10.0 Å². The number of amides is 1. The molecule has 0 aromatic carbocycles. The van der Waals surface area contributed by atoms with Crippen LogP contribution in [0.25, 0.3) is 0 Å². The quantitative estimate of drug-likeness (QED) is 0.841. The van der Waals surface area contributed by atoms with Crippen LogP contribution < -0.4 is 5.32 Å². The molecule has 0 saturated heterocycles. The van der Waals surface area contributed by atoms with Crippen molar-refractivity contribution in [3.05, 3.63) is 14.9 Å². The van der Waals surface area contributed by atoms with Crippen molar-refractivity contribution in [2.75, 3.05) is 13.6 Å². The molecule has 1 aromatic rings. The van der Waals surface area contributed by atoms with Gasteiger partial charge in [0.05, 0.1) is 15.4 Å². The first kappa shape index (κ1) is 15.2. The first-order valence-corrected chi connectivity index (χ1v) is 8.94. The Kier molecular flexibility index (Phi) is 4.56. The fourth-order valence-corrected chi connectivity index (χ4v) is 5.13. The second-order valence-corrected chi connectivity index (χ2v) is 9.34. The van der Waals surface area contributed by atoms with Crippen molar-refractivity contribution in [2.24, 2.45) is 0 Å². The predicted molar refractivity (Wildman–Crippen MR) is 78.0 cm³/mol. The first-order chi connectivity index (χ1) is 8.80. The fourth-order valence-electron chi connectivity index (χ4n) is 1.40. The van der Waals surface area contributed by atoms with Crippen LogP contribution in [0.4, 0.5) is 0 Å². The highest BCUT2D eigenvalue weighted by Gasteiger charge is 2.28. The summed E-state index contributed by atoms with van der Waals surface area (Å²) in [5.41, 5.74) is 0. The van der Waals surface area contributed by atoms with Crippen LogP contribution in [0.1, 0.15) is 12.8 Å². The molecule has 1 aliphatic carbocycles. The number of likely N-dealkylation sites (N-methyl/N-ethyl adjacent to an activating group) is 1. The zero-order valence-electron chi connectivity index (χ0n) is 10.0. The van der Waals surface area contributed by atoms with Crippen molar-refractivity contribution in [3.63, 3.8) is 0 Å². The van der Waals surface area contributed by atoms with E-state index >= 15 is 0 Å². The zero-order chi connectivity index (χ0) is 14.2. The highest BCUT2D eigenvalue weighted by molar-refractivity contribution is 9.11. The molecule has 9 heteroatoms. The molecule has 5 nitrogen and oxygen atoms in total. The van der Waals surface area contributed by atoms with Crippen LogP contribution in [0.5, 0.6) is 0 Å². The van der Waals surface area contributed by atoms with E-state index < -0.39 is 10.0 Å². The van der Waals surface area contributed by atoms with Gasteiger partial charge in [0.15, 0.2) is 0 Å². The largest absolute Gasteiger partial charge is 0.352 e. The molecule has 106 valence electrons. The van der Waals surface area contributed by atoms with E-state index in [1.807, 2.05) is 0 Å². The third kappa shape index (κ3) is 3.69. The van der Waals surface area contributed by atoms with Gasteiger partial charge in [0.2, 0.25) is 5.91 Å². The van der Waals surface area contributed by atoms with Crippen LogP contribution in [0.15, 0.2) is 14.1 Å². The minimum atomic E-state index is -3.67. The number of carbonyl (C=O) groups is 1. The highest BCUT2D eigenvalue weighted by atomic mass is 79.9. The van der Waals surface area contributed by atoms with Gasteiger partial charge in [-0.3, -0.25) is 4.79 Å². The molecule has 0 atom stereocenters. The molecule has 2 rings (SSSR count). The van der Waals surface area contributed by atoms with Crippen molar-refractivity contribution in [2.45, 2.75) is 23.1 Å². The lowest BCUT2D eigenvalue weighted by molar-refractivity contribution is -0.121. The predicted octanol–water partition coefficient (Wildman–Crippen LogP) is 2.06. The minimum Gasteiger partial charge on any atom is -0.352 e. The average Bonchev–Trinajstić information content (AvgIpc) is 3.04. The van der Waals surface area contributed by atoms with E-state index in [1.54, 1.807) is 0 Å². The SMILES string of the molecule is CN(CC(=O)NC1CC1)S(=O)(=O)c1cc(Cl)c(Br)s1. The third-order valence-corrected chi connectivity index (χ3v) is 7.32. The normalized spacial score (nSPS) is 15.8. The number of nitrogens with one attached hydrogen (secondary N) is 1. The average molecular weight is 388 g/mol. The van der Waals surface area contributed by atoms with Crippen LogP contribution in [-0.4, -0.2) is 38.3 Å². The van der Waals surface area contributed by atoms with Crippen LogP contribution in [0.2, 0.25) is 5.02 Å². The van der Waals surface area contributed by atoms with Gasteiger partial charge in [-0.2, -0.15) is 4.31 Å². The molecule has 1 N–H and O–H groups in total. The number of carbonyl (C=O) groups excluding carboxylic acids is 1. The Morgan fingerprint density at radius 3 is 2.74 bits per heavy atom. The second kappa shape index (κ2) is 5.69. The van der Waals surface area contributed by atoms with Crippen LogP contribution >= 0.6 is 38.9 Å². The lowest BCUT2D eigenvalue weighted by atomic mass is 10.5. The van der Waals surface area contributed by atoms with Crippen molar-refractivity contribution in [1.82, 2.24) is 9.62 Å². The number of thiophene rings is 1. The molecular formula is C10H12BrClN2O3S2. The van der Waals surface area contributed by atoms with Gasteiger partial charge in [0, 0.05) is 13.1 Å². The number of rotatable bonds is 5. The Bertz CT molecular complexity index is 578. The Morgan fingerprint density at radius 2 is 2.26 bits per heavy atom. The molecule has 1 amide bonds. The van der Waals surface area contributed by atoms with Gasteiger partial charge < -0.3 is 5.32 Å². The number of nitrogens with zero attached hydrogens (tertiary/aromatic N) is 1. The lowest BCUT2D eigenvalue weighted by Gasteiger charge is -2.15. The van der Waals surface area contributed by atoms with Crippen molar-refractivity contribution < 1.29 is 13.2 Å². The zero-order valence-corrected chi connectivity index (χ0v) is 14.0. The van der Waals surface area contributed by atoms with E-state index in [0.717, 1.165) is 28.5 Å². The number of sulfonamides is 1. The summed E-state index contributed by atoms with van der Waals surface area (Å²) in [6.45, 7) is -0.189. The Labute approximate surface area is 129 Å². The van der Waals surface area contributed by atoms with Crippen molar-refractivity contribution in [1.29, 1.82) is 0 Å². The second-order valence-electron chi connectivity index (χ2n) is 4.29. The minimum absolute atomic E-state index is 0.117. The topological polar surface area (TPSA) is 66.5 Å². The maximum absolute atomic E-state index is 12.2. The summed E-state index contributed by atoms with van der Waals surface area (Å²) >= 11 is 10.0. The Balaban J connectivity index is 2.07. The van der Waals surface area contributed by atoms with Crippen molar-refractivity contribution >= 4 is 54.8 Å². The molecule has 1 heterocycles. The molecule has 1 aliphatic rings. The van der Waals surface area contributed by atoms with Gasteiger partial charge in [-0.1, -0.05) is 11.6 Å². The molecule has 19 heavy (non-hydrogen) atoms. The lowest BCUT2D eigenvalue weighted by Crippen LogP contribution is -2.38. The number of hydrogen-bond donors (Lipinski definition) is 1. The monoisotopic (exact) mass is 386 g/mol. The van der Waals surface area contributed by atoms with Crippen LogP contribution in [0.3, 0.4) is 0 Å². The summed E-state index contributed by atoms with van der Waals surface area (Å²) in [4.78, 5) is 11.6. The van der Waals surface area contributed by atoms with Gasteiger partial charge in [-0.05, 0) is 34.8 Å². The molecule has 0 bridgehead atoms. The maximum atomic E-state index is 12.2. The highest BCUT2D eigenvalue weighted by Crippen LogP contribution is 2.35. The van der Waals surface area contributed by atoms with Gasteiger partial charge in [-0.25, -0.2) is 8.42 Å². The molecule has 0 aliphatic heterocycles. The first-order valence-electron chi connectivity index (χ1n) is 5.51. The number of hydrogen-bond acceptors (Lipinski definition) is 4. The third-order valence-electron chi connectivity index (χ3n) is 2.60. The summed E-state index contributed by atoms with van der Waals surface area (Å²) in [6, 6.07) is 1.59. The summed E-state index contributed by atoms with van der Waals surface area (Å²) in [5, 5.41) is 3.09.